The van der Waals surface area contributed by atoms with Crippen molar-refractivity contribution in [3.63, 3.8) is 0 Å². The summed E-state index contributed by atoms with van der Waals surface area (Å²) >= 11 is 1.61. The first-order valence-electron chi connectivity index (χ1n) is 4.68. The van der Waals surface area contributed by atoms with Crippen molar-refractivity contribution in [1.29, 1.82) is 0 Å². The van der Waals surface area contributed by atoms with Gasteiger partial charge in [0.15, 0.2) is 0 Å². The first-order valence-corrected chi connectivity index (χ1v) is 5.90. The van der Waals surface area contributed by atoms with Crippen LogP contribution in [0.1, 0.15) is 6.92 Å². The second-order valence-electron chi connectivity index (χ2n) is 3.21. The van der Waals surface area contributed by atoms with Crippen LogP contribution in [0, 0.1) is 5.92 Å². The molecule has 5 heteroatoms. The standard InChI is InChI=1S/C10H15N3OS/c1-7(5-11)10(14)13-9-4-3-8(15-2)6-12-9/h3-4,6-7H,5,11H2,1-2H3,(H,12,13,14). The normalized spacial score (nSPS) is 12.2. The summed E-state index contributed by atoms with van der Waals surface area (Å²) in [6.45, 7) is 2.13. The molecule has 0 aliphatic rings. The maximum Gasteiger partial charge on any atom is 0.229 e. The van der Waals surface area contributed by atoms with Gasteiger partial charge in [0, 0.05) is 23.6 Å². The predicted octanol–water partition coefficient (Wildman–Crippen LogP) is 1.34. The number of amides is 1. The molecule has 3 N–H and O–H groups in total. The van der Waals surface area contributed by atoms with Gasteiger partial charge in [0.2, 0.25) is 5.91 Å². The number of nitrogens with two attached hydrogens (primary N) is 1. The highest BCUT2D eigenvalue weighted by Gasteiger charge is 2.10. The van der Waals surface area contributed by atoms with Crippen molar-refractivity contribution in [2.24, 2.45) is 11.7 Å². The molecule has 4 nitrogen and oxygen atoms in total. The summed E-state index contributed by atoms with van der Waals surface area (Å²) in [5, 5.41) is 2.70. The van der Waals surface area contributed by atoms with E-state index in [2.05, 4.69) is 10.3 Å². The number of rotatable bonds is 4. The van der Waals surface area contributed by atoms with Crippen LogP contribution in [-0.2, 0) is 4.79 Å². The molecule has 0 aliphatic carbocycles. The molecule has 1 aromatic rings. The Hall–Kier alpha value is -1.07. The van der Waals surface area contributed by atoms with E-state index in [1.54, 1.807) is 30.9 Å². The van der Waals surface area contributed by atoms with Gasteiger partial charge < -0.3 is 11.1 Å². The van der Waals surface area contributed by atoms with Crippen LogP contribution in [-0.4, -0.2) is 23.7 Å². The fraction of sp³-hybridized carbons (Fsp3) is 0.400. The van der Waals surface area contributed by atoms with Crippen LogP contribution in [0.4, 0.5) is 5.82 Å². The molecule has 0 radical (unpaired) electrons. The molecular weight excluding hydrogens is 210 g/mol. The van der Waals surface area contributed by atoms with Crippen molar-refractivity contribution < 1.29 is 4.79 Å². The molecule has 1 heterocycles. The van der Waals surface area contributed by atoms with Crippen LogP contribution in [0.15, 0.2) is 23.2 Å². The van der Waals surface area contributed by atoms with Gasteiger partial charge >= 0.3 is 0 Å². The van der Waals surface area contributed by atoms with E-state index in [0.717, 1.165) is 4.90 Å². The van der Waals surface area contributed by atoms with Gasteiger partial charge in [-0.25, -0.2) is 4.98 Å². The fourth-order valence-electron chi connectivity index (χ4n) is 0.931. The Kier molecular flexibility index (Phi) is 4.58. The summed E-state index contributed by atoms with van der Waals surface area (Å²) in [5.74, 6) is 0.284. The second-order valence-corrected chi connectivity index (χ2v) is 4.09. The van der Waals surface area contributed by atoms with Crippen molar-refractivity contribution in [3.8, 4) is 0 Å². The van der Waals surface area contributed by atoms with E-state index in [1.807, 2.05) is 12.3 Å². The first-order chi connectivity index (χ1) is 7.17. The zero-order chi connectivity index (χ0) is 11.3. The lowest BCUT2D eigenvalue weighted by molar-refractivity contribution is -0.119. The third-order valence-electron chi connectivity index (χ3n) is 2.02. The maximum atomic E-state index is 11.5. The zero-order valence-corrected chi connectivity index (χ0v) is 9.67. The molecular formula is C10H15N3OS. The van der Waals surface area contributed by atoms with E-state index < -0.39 is 0 Å². The number of hydrogen-bond acceptors (Lipinski definition) is 4. The summed E-state index contributed by atoms with van der Waals surface area (Å²) in [4.78, 5) is 16.6. The number of pyridine rings is 1. The summed E-state index contributed by atoms with van der Waals surface area (Å²) < 4.78 is 0. The smallest absolute Gasteiger partial charge is 0.229 e. The van der Waals surface area contributed by atoms with Gasteiger partial charge in [0.25, 0.3) is 0 Å². The van der Waals surface area contributed by atoms with Gasteiger partial charge in [-0.05, 0) is 18.4 Å². The number of nitrogens with zero attached hydrogens (tertiary/aromatic N) is 1. The van der Waals surface area contributed by atoms with E-state index in [1.165, 1.54) is 0 Å². The summed E-state index contributed by atoms with van der Waals surface area (Å²) in [6.07, 6.45) is 3.71. The van der Waals surface area contributed by atoms with Gasteiger partial charge in [0.1, 0.15) is 5.82 Å². The molecule has 0 saturated carbocycles. The quantitative estimate of drug-likeness (QED) is 0.759. The topological polar surface area (TPSA) is 68.0 Å². The maximum absolute atomic E-state index is 11.5. The zero-order valence-electron chi connectivity index (χ0n) is 8.86. The van der Waals surface area contributed by atoms with E-state index in [-0.39, 0.29) is 11.8 Å². The first kappa shape index (κ1) is 12.0. The summed E-state index contributed by atoms with van der Waals surface area (Å²) in [7, 11) is 0. The SMILES string of the molecule is CSc1ccc(NC(=O)C(C)CN)nc1. The van der Waals surface area contributed by atoms with Crippen molar-refractivity contribution in [2.75, 3.05) is 18.1 Å². The Morgan fingerprint density at radius 3 is 2.87 bits per heavy atom. The van der Waals surface area contributed by atoms with E-state index >= 15 is 0 Å². The van der Waals surface area contributed by atoms with Crippen LogP contribution in [0.2, 0.25) is 0 Å². The third-order valence-corrected chi connectivity index (χ3v) is 2.74. The lowest BCUT2D eigenvalue weighted by Gasteiger charge is -2.09. The number of hydrogen-bond donors (Lipinski definition) is 2. The fourth-order valence-corrected chi connectivity index (χ4v) is 1.29. The van der Waals surface area contributed by atoms with Crippen molar-refractivity contribution >= 4 is 23.5 Å². The number of carbonyl (C=O) groups is 1. The van der Waals surface area contributed by atoms with Crippen molar-refractivity contribution in [3.05, 3.63) is 18.3 Å². The molecule has 0 saturated heterocycles. The van der Waals surface area contributed by atoms with E-state index in [4.69, 9.17) is 5.73 Å². The molecule has 0 aliphatic heterocycles. The van der Waals surface area contributed by atoms with E-state index in [0.29, 0.717) is 12.4 Å². The Labute approximate surface area is 93.7 Å². The predicted molar refractivity (Wildman–Crippen MR) is 62.9 cm³/mol. The molecule has 15 heavy (non-hydrogen) atoms. The average molecular weight is 225 g/mol. The molecule has 1 aromatic heterocycles. The molecule has 1 unspecified atom stereocenters. The van der Waals surface area contributed by atoms with Crippen LogP contribution in [0.5, 0.6) is 0 Å². The van der Waals surface area contributed by atoms with Gasteiger partial charge in [0.05, 0.1) is 0 Å². The second kappa shape index (κ2) is 5.72. The van der Waals surface area contributed by atoms with Crippen LogP contribution in [0.25, 0.3) is 0 Å². The largest absolute Gasteiger partial charge is 0.330 e. The molecule has 1 atom stereocenters. The molecule has 0 aromatic carbocycles. The van der Waals surface area contributed by atoms with Gasteiger partial charge in [-0.3, -0.25) is 4.79 Å². The summed E-state index contributed by atoms with van der Waals surface area (Å²) in [6, 6.07) is 3.70. The minimum atomic E-state index is -0.188. The van der Waals surface area contributed by atoms with E-state index in [9.17, 15) is 4.79 Å². The molecule has 1 rings (SSSR count). The molecule has 0 bridgehead atoms. The van der Waals surface area contributed by atoms with Gasteiger partial charge in [-0.1, -0.05) is 6.92 Å². The van der Waals surface area contributed by atoms with Crippen molar-refractivity contribution in [2.45, 2.75) is 11.8 Å². The highest BCUT2D eigenvalue weighted by atomic mass is 32.2. The highest BCUT2D eigenvalue weighted by Crippen LogP contribution is 2.14. The Morgan fingerprint density at radius 1 is 1.67 bits per heavy atom. The summed E-state index contributed by atoms with van der Waals surface area (Å²) in [5.41, 5.74) is 5.39. The third kappa shape index (κ3) is 3.53. The Morgan fingerprint density at radius 2 is 2.40 bits per heavy atom. The van der Waals surface area contributed by atoms with Crippen molar-refractivity contribution in [1.82, 2.24) is 4.98 Å². The van der Waals surface area contributed by atoms with Crippen LogP contribution in [0.3, 0.4) is 0 Å². The minimum Gasteiger partial charge on any atom is -0.330 e. The monoisotopic (exact) mass is 225 g/mol. The van der Waals surface area contributed by atoms with Crippen LogP contribution >= 0.6 is 11.8 Å². The molecule has 0 spiro atoms. The minimum absolute atomic E-state index is 0.0955. The molecule has 82 valence electrons. The Balaban J connectivity index is 2.61. The number of thioether (sulfide) groups is 1. The number of anilines is 1. The number of aromatic nitrogens is 1. The lowest BCUT2D eigenvalue weighted by Crippen LogP contribution is -2.26. The van der Waals surface area contributed by atoms with Gasteiger partial charge in [-0.2, -0.15) is 0 Å². The highest BCUT2D eigenvalue weighted by molar-refractivity contribution is 7.98. The Bertz CT molecular complexity index is 326. The number of nitrogens with one attached hydrogen (secondary N) is 1. The lowest BCUT2D eigenvalue weighted by atomic mass is 10.2. The molecule has 1 amide bonds. The van der Waals surface area contributed by atoms with Crippen LogP contribution < -0.4 is 11.1 Å². The average Bonchev–Trinajstić information content (AvgIpc) is 2.29. The van der Waals surface area contributed by atoms with Gasteiger partial charge in [-0.15, -0.1) is 11.8 Å². The molecule has 0 fully saturated rings. The number of carbonyl (C=O) groups excluding carboxylic acids is 1.